The molecule has 1 fully saturated rings. The number of nitrogens with one attached hydrogen (secondary N) is 2. The van der Waals surface area contributed by atoms with Crippen molar-refractivity contribution in [1.29, 1.82) is 0 Å². The second-order valence-electron chi connectivity index (χ2n) is 7.51. The fourth-order valence-corrected chi connectivity index (χ4v) is 3.34. The number of carbonyl (C=O) groups excluding carboxylic acids is 2. The van der Waals surface area contributed by atoms with E-state index >= 15 is 0 Å². The molecule has 0 radical (unpaired) electrons. The van der Waals surface area contributed by atoms with Crippen molar-refractivity contribution in [3.63, 3.8) is 0 Å². The Balaban J connectivity index is 1.51. The monoisotopic (exact) mass is 380 g/mol. The lowest BCUT2D eigenvalue weighted by Crippen LogP contribution is -2.49. The second-order valence-corrected chi connectivity index (χ2v) is 7.51. The zero-order valence-electron chi connectivity index (χ0n) is 16.5. The second kappa shape index (κ2) is 9.37. The van der Waals surface area contributed by atoms with Gasteiger partial charge in [0.15, 0.2) is 0 Å². The lowest BCUT2D eigenvalue weighted by atomic mass is 10.1. The van der Waals surface area contributed by atoms with Gasteiger partial charge in [0.2, 0.25) is 0 Å². The standard InChI is InChI=1S/C22H28N4O2/c1-17(2)16-25-12-14-26(15-13-25)21(27)18-8-10-20(11-9-18)24-22(28)23-19-6-4-3-5-7-19/h3-11,17H,12-16H2,1-2H3,(H2,23,24,28). The van der Waals surface area contributed by atoms with Gasteiger partial charge in [-0.2, -0.15) is 0 Å². The van der Waals surface area contributed by atoms with Gasteiger partial charge in [0, 0.05) is 49.7 Å². The smallest absolute Gasteiger partial charge is 0.323 e. The minimum Gasteiger partial charge on any atom is -0.336 e. The van der Waals surface area contributed by atoms with E-state index < -0.39 is 0 Å². The quantitative estimate of drug-likeness (QED) is 0.830. The predicted molar refractivity (Wildman–Crippen MR) is 113 cm³/mol. The van der Waals surface area contributed by atoms with E-state index in [1.165, 1.54) is 0 Å². The molecule has 0 spiro atoms. The van der Waals surface area contributed by atoms with E-state index in [1.54, 1.807) is 24.3 Å². The predicted octanol–water partition coefficient (Wildman–Crippen LogP) is 3.74. The van der Waals surface area contributed by atoms with Crippen LogP contribution in [0.4, 0.5) is 16.2 Å². The van der Waals surface area contributed by atoms with Crippen LogP contribution in [-0.4, -0.2) is 54.5 Å². The molecule has 6 heteroatoms. The first-order valence-corrected chi connectivity index (χ1v) is 9.76. The molecule has 2 N–H and O–H groups in total. The molecular formula is C22H28N4O2. The third-order valence-corrected chi connectivity index (χ3v) is 4.70. The van der Waals surface area contributed by atoms with Crippen LogP contribution in [0.25, 0.3) is 0 Å². The van der Waals surface area contributed by atoms with Gasteiger partial charge < -0.3 is 15.5 Å². The molecule has 28 heavy (non-hydrogen) atoms. The van der Waals surface area contributed by atoms with Crippen LogP contribution >= 0.6 is 0 Å². The molecule has 2 aromatic carbocycles. The van der Waals surface area contributed by atoms with Crippen LogP contribution in [0.2, 0.25) is 0 Å². The summed E-state index contributed by atoms with van der Waals surface area (Å²) in [6.45, 7) is 8.86. The Morgan fingerprint density at radius 2 is 1.43 bits per heavy atom. The van der Waals surface area contributed by atoms with Gasteiger partial charge in [0.1, 0.15) is 0 Å². The first-order valence-electron chi connectivity index (χ1n) is 9.76. The first-order chi connectivity index (χ1) is 13.5. The maximum atomic E-state index is 12.7. The van der Waals surface area contributed by atoms with Crippen LogP contribution in [-0.2, 0) is 0 Å². The van der Waals surface area contributed by atoms with Gasteiger partial charge in [0.05, 0.1) is 0 Å². The highest BCUT2D eigenvalue weighted by Gasteiger charge is 2.22. The average molecular weight is 380 g/mol. The maximum absolute atomic E-state index is 12.7. The Hall–Kier alpha value is -2.86. The molecule has 1 aliphatic heterocycles. The number of amides is 3. The highest BCUT2D eigenvalue weighted by molar-refractivity contribution is 6.00. The van der Waals surface area contributed by atoms with E-state index in [0.717, 1.165) is 38.4 Å². The molecule has 3 amide bonds. The van der Waals surface area contributed by atoms with E-state index in [2.05, 4.69) is 29.4 Å². The summed E-state index contributed by atoms with van der Waals surface area (Å²) >= 11 is 0. The fraction of sp³-hybridized carbons (Fsp3) is 0.364. The topological polar surface area (TPSA) is 64.7 Å². The Bertz CT molecular complexity index is 782. The molecule has 1 aliphatic rings. The SMILES string of the molecule is CC(C)CN1CCN(C(=O)c2ccc(NC(=O)Nc3ccccc3)cc2)CC1. The third-order valence-electron chi connectivity index (χ3n) is 4.70. The number of hydrogen-bond acceptors (Lipinski definition) is 3. The van der Waals surface area contributed by atoms with E-state index in [-0.39, 0.29) is 11.9 Å². The Labute approximate surface area is 166 Å². The van der Waals surface area contributed by atoms with Crippen molar-refractivity contribution in [2.45, 2.75) is 13.8 Å². The van der Waals surface area contributed by atoms with Crippen LogP contribution in [0.5, 0.6) is 0 Å². The minimum absolute atomic E-state index is 0.0458. The molecule has 0 atom stereocenters. The summed E-state index contributed by atoms with van der Waals surface area (Å²) in [5, 5.41) is 5.55. The zero-order chi connectivity index (χ0) is 19.9. The van der Waals surface area contributed by atoms with Crippen LogP contribution in [0.15, 0.2) is 54.6 Å². The maximum Gasteiger partial charge on any atom is 0.323 e. The van der Waals surface area contributed by atoms with Crippen LogP contribution < -0.4 is 10.6 Å². The number of para-hydroxylation sites is 1. The van der Waals surface area contributed by atoms with Crippen LogP contribution in [0, 0.1) is 5.92 Å². The summed E-state index contributed by atoms with van der Waals surface area (Å²) in [5.74, 6) is 0.686. The lowest BCUT2D eigenvalue weighted by molar-refractivity contribution is 0.0624. The fourth-order valence-electron chi connectivity index (χ4n) is 3.34. The van der Waals surface area contributed by atoms with Gasteiger partial charge >= 0.3 is 6.03 Å². The molecule has 148 valence electrons. The summed E-state index contributed by atoms with van der Waals surface area (Å²) in [5.41, 5.74) is 2.02. The highest BCUT2D eigenvalue weighted by Crippen LogP contribution is 2.14. The van der Waals surface area contributed by atoms with Crippen molar-refractivity contribution >= 4 is 23.3 Å². The van der Waals surface area contributed by atoms with Gasteiger partial charge in [-0.3, -0.25) is 9.69 Å². The number of urea groups is 1. The number of nitrogens with zero attached hydrogens (tertiary/aromatic N) is 2. The van der Waals surface area contributed by atoms with E-state index in [9.17, 15) is 9.59 Å². The molecule has 0 saturated carbocycles. The van der Waals surface area contributed by atoms with Crippen molar-refractivity contribution in [1.82, 2.24) is 9.80 Å². The van der Waals surface area contributed by atoms with Gasteiger partial charge in [-0.25, -0.2) is 4.79 Å². The molecule has 1 heterocycles. The number of hydrogen-bond donors (Lipinski definition) is 2. The summed E-state index contributed by atoms with van der Waals surface area (Å²) < 4.78 is 0. The third kappa shape index (κ3) is 5.57. The number of benzene rings is 2. The number of rotatable bonds is 5. The van der Waals surface area contributed by atoms with Gasteiger partial charge in [-0.05, 0) is 42.3 Å². The number of carbonyl (C=O) groups is 2. The molecule has 3 rings (SSSR count). The molecule has 1 saturated heterocycles. The Morgan fingerprint density at radius 3 is 2.00 bits per heavy atom. The average Bonchev–Trinajstić information content (AvgIpc) is 2.69. The van der Waals surface area contributed by atoms with Gasteiger partial charge in [-0.15, -0.1) is 0 Å². The number of piperazine rings is 1. The van der Waals surface area contributed by atoms with Crippen molar-refractivity contribution < 1.29 is 9.59 Å². The van der Waals surface area contributed by atoms with Crippen molar-refractivity contribution in [3.05, 3.63) is 60.2 Å². The molecule has 2 aromatic rings. The Kier molecular flexibility index (Phi) is 6.66. The molecule has 0 unspecified atom stereocenters. The van der Waals surface area contributed by atoms with Crippen molar-refractivity contribution in [2.75, 3.05) is 43.4 Å². The first kappa shape index (κ1) is 19.9. The summed E-state index contributed by atoms with van der Waals surface area (Å²) in [4.78, 5) is 29.1. The van der Waals surface area contributed by atoms with Gasteiger partial charge in [0.25, 0.3) is 5.91 Å². The van der Waals surface area contributed by atoms with Gasteiger partial charge in [-0.1, -0.05) is 32.0 Å². The Morgan fingerprint density at radius 1 is 0.857 bits per heavy atom. The molecule has 0 aliphatic carbocycles. The molecule has 0 aromatic heterocycles. The largest absolute Gasteiger partial charge is 0.336 e. The summed E-state index contributed by atoms with van der Waals surface area (Å²) in [6, 6.07) is 16.0. The lowest BCUT2D eigenvalue weighted by Gasteiger charge is -2.35. The van der Waals surface area contributed by atoms with E-state index in [4.69, 9.17) is 0 Å². The van der Waals surface area contributed by atoms with Crippen LogP contribution in [0.3, 0.4) is 0 Å². The van der Waals surface area contributed by atoms with E-state index in [1.807, 2.05) is 35.2 Å². The molecular weight excluding hydrogens is 352 g/mol. The van der Waals surface area contributed by atoms with Crippen molar-refractivity contribution in [3.8, 4) is 0 Å². The zero-order valence-corrected chi connectivity index (χ0v) is 16.5. The van der Waals surface area contributed by atoms with E-state index in [0.29, 0.717) is 17.2 Å². The molecule has 0 bridgehead atoms. The normalized spacial score (nSPS) is 14.8. The summed E-state index contributed by atoms with van der Waals surface area (Å²) in [6.07, 6.45) is 0. The minimum atomic E-state index is -0.313. The van der Waals surface area contributed by atoms with Crippen molar-refractivity contribution in [2.24, 2.45) is 5.92 Å². The molecule has 6 nitrogen and oxygen atoms in total. The highest BCUT2D eigenvalue weighted by atomic mass is 16.2. The number of anilines is 2. The summed E-state index contributed by atoms with van der Waals surface area (Å²) in [7, 11) is 0. The van der Waals surface area contributed by atoms with Crippen LogP contribution in [0.1, 0.15) is 24.2 Å².